The second-order valence-corrected chi connectivity index (χ2v) is 5.69. The second kappa shape index (κ2) is 4.76. The number of imidazole rings is 1. The number of aryl methyl sites for hydroxylation is 2. The lowest BCUT2D eigenvalue weighted by molar-refractivity contribution is 0.00668. The highest BCUT2D eigenvalue weighted by Gasteiger charge is 2.33. The summed E-state index contributed by atoms with van der Waals surface area (Å²) < 4.78 is 10.3. The molecule has 0 atom stereocenters. The van der Waals surface area contributed by atoms with Crippen LogP contribution in [-0.2, 0) is 18.2 Å². The van der Waals surface area contributed by atoms with E-state index in [2.05, 4.69) is 21.6 Å². The zero-order valence-corrected chi connectivity index (χ0v) is 12.5. The van der Waals surface area contributed by atoms with E-state index >= 15 is 0 Å². The molecule has 0 unspecified atom stereocenters. The number of nitrogens with one attached hydrogen (secondary N) is 1. The molecule has 0 aromatic carbocycles. The van der Waals surface area contributed by atoms with Gasteiger partial charge >= 0.3 is 0 Å². The molecule has 1 fully saturated rings. The predicted molar refractivity (Wildman–Crippen MR) is 77.0 cm³/mol. The summed E-state index contributed by atoms with van der Waals surface area (Å²) >= 11 is 5.49. The lowest BCUT2D eigenvalue weighted by Gasteiger charge is -2.35. The lowest BCUT2D eigenvalue weighted by atomic mass is 9.89. The van der Waals surface area contributed by atoms with Gasteiger partial charge in [-0.15, -0.1) is 0 Å². The highest BCUT2D eigenvalue weighted by molar-refractivity contribution is 7.71. The van der Waals surface area contributed by atoms with Crippen molar-refractivity contribution < 1.29 is 4.74 Å². The molecule has 0 aliphatic heterocycles. The normalized spacial score (nSPS) is 22.9. The average Bonchev–Trinajstić information content (AvgIpc) is 2.79. The van der Waals surface area contributed by atoms with Gasteiger partial charge in [-0.05, 0) is 31.5 Å². The minimum absolute atomic E-state index is 0.375. The minimum Gasteiger partial charge on any atom is -0.381 e. The summed E-state index contributed by atoms with van der Waals surface area (Å²) in [7, 11) is 3.77. The van der Waals surface area contributed by atoms with Crippen molar-refractivity contribution in [1.29, 1.82) is 0 Å². The molecule has 1 aliphatic carbocycles. The van der Waals surface area contributed by atoms with Crippen molar-refractivity contribution in [1.82, 2.24) is 19.3 Å². The number of hydrogen-bond acceptors (Lipinski definition) is 3. The molecule has 1 N–H and O–H groups in total. The van der Waals surface area contributed by atoms with E-state index in [4.69, 9.17) is 17.0 Å². The first-order valence-electron chi connectivity index (χ1n) is 6.84. The van der Waals surface area contributed by atoms with Crippen LogP contribution in [0.1, 0.15) is 37.9 Å². The maximum Gasteiger partial charge on any atom is 0.179 e. The first kappa shape index (κ1) is 12.9. The van der Waals surface area contributed by atoms with E-state index in [9.17, 15) is 0 Å². The van der Waals surface area contributed by atoms with E-state index in [0.29, 0.717) is 12.1 Å². The molecular formula is C13H20N4OS. The van der Waals surface area contributed by atoms with Crippen molar-refractivity contribution in [3.8, 4) is 0 Å². The van der Waals surface area contributed by atoms with Crippen molar-refractivity contribution >= 4 is 23.4 Å². The molecule has 2 aromatic rings. The molecule has 3 rings (SSSR count). The monoisotopic (exact) mass is 280 g/mol. The number of fused-ring (bicyclic) bond motifs is 1. The van der Waals surface area contributed by atoms with Crippen LogP contribution >= 0.6 is 12.2 Å². The van der Waals surface area contributed by atoms with Gasteiger partial charge in [0.05, 0.1) is 11.8 Å². The van der Waals surface area contributed by atoms with Crippen LogP contribution < -0.4 is 0 Å². The fraction of sp³-hybridized carbons (Fsp3) is 0.692. The Balaban J connectivity index is 2.05. The van der Waals surface area contributed by atoms with E-state index < -0.39 is 0 Å². The molecule has 0 amide bonds. The summed E-state index contributed by atoms with van der Waals surface area (Å²) in [5.74, 6) is 0. The van der Waals surface area contributed by atoms with Crippen LogP contribution in [0.5, 0.6) is 0 Å². The fourth-order valence-electron chi connectivity index (χ4n) is 2.93. The van der Waals surface area contributed by atoms with Gasteiger partial charge in [0, 0.05) is 20.2 Å². The van der Waals surface area contributed by atoms with Crippen LogP contribution in [0.25, 0.3) is 11.2 Å². The topological polar surface area (TPSA) is 47.8 Å². The van der Waals surface area contributed by atoms with Gasteiger partial charge in [0.25, 0.3) is 0 Å². The Morgan fingerprint density at radius 3 is 2.84 bits per heavy atom. The standard InChI is InChI=1S/C13H20N4OS/c1-4-5-10-11-12(16(2)15-10)17(13(19)14-11)8-6-9(7-8)18-3/h8-9H,4-7H2,1-3H3,(H,14,19). The average molecular weight is 280 g/mol. The summed E-state index contributed by atoms with van der Waals surface area (Å²) in [6, 6.07) is 0.441. The third kappa shape index (κ3) is 1.94. The molecule has 0 radical (unpaired) electrons. The van der Waals surface area contributed by atoms with E-state index in [-0.39, 0.29) is 0 Å². The summed E-state index contributed by atoms with van der Waals surface area (Å²) in [4.78, 5) is 3.34. The number of hydrogen-bond donors (Lipinski definition) is 1. The first-order chi connectivity index (χ1) is 9.15. The lowest BCUT2D eigenvalue weighted by Crippen LogP contribution is -2.32. The molecule has 6 heteroatoms. The summed E-state index contributed by atoms with van der Waals surface area (Å²) in [5, 5.41) is 4.61. The number of aromatic amines is 1. The Labute approximate surface area is 117 Å². The Bertz CT molecular complexity index is 647. The van der Waals surface area contributed by atoms with Crippen molar-refractivity contribution in [2.75, 3.05) is 7.11 Å². The maximum atomic E-state index is 5.49. The SMILES string of the molecule is CCCc1nn(C)c2c1[nH]c(=S)n2C1CC(OC)C1. The minimum atomic E-state index is 0.375. The smallest absolute Gasteiger partial charge is 0.179 e. The molecule has 2 aromatic heterocycles. The molecular weight excluding hydrogens is 260 g/mol. The first-order valence-corrected chi connectivity index (χ1v) is 7.25. The van der Waals surface area contributed by atoms with E-state index in [1.54, 1.807) is 7.11 Å². The molecule has 104 valence electrons. The van der Waals surface area contributed by atoms with Crippen molar-refractivity contribution in [3.63, 3.8) is 0 Å². The summed E-state index contributed by atoms with van der Waals surface area (Å²) in [6.45, 7) is 2.17. The highest BCUT2D eigenvalue weighted by atomic mass is 32.1. The van der Waals surface area contributed by atoms with E-state index in [1.165, 1.54) is 0 Å². The van der Waals surface area contributed by atoms with Gasteiger partial charge in [-0.2, -0.15) is 5.10 Å². The third-order valence-corrected chi connectivity index (χ3v) is 4.32. The second-order valence-electron chi connectivity index (χ2n) is 5.30. The number of aromatic nitrogens is 4. The van der Waals surface area contributed by atoms with Gasteiger partial charge in [0.2, 0.25) is 0 Å². The van der Waals surface area contributed by atoms with Gasteiger partial charge in [-0.25, -0.2) is 0 Å². The number of methoxy groups -OCH3 is 1. The molecule has 1 aliphatic rings. The van der Waals surface area contributed by atoms with Gasteiger partial charge < -0.3 is 9.72 Å². The van der Waals surface area contributed by atoms with Gasteiger partial charge in [0.1, 0.15) is 5.52 Å². The summed E-state index contributed by atoms with van der Waals surface area (Å²) in [6.07, 6.45) is 4.52. The van der Waals surface area contributed by atoms with Crippen LogP contribution in [0.15, 0.2) is 0 Å². The largest absolute Gasteiger partial charge is 0.381 e. The van der Waals surface area contributed by atoms with Crippen molar-refractivity contribution in [2.45, 2.75) is 44.8 Å². The van der Waals surface area contributed by atoms with E-state index in [0.717, 1.165) is 47.3 Å². The van der Waals surface area contributed by atoms with Crippen LogP contribution in [0.3, 0.4) is 0 Å². The van der Waals surface area contributed by atoms with Gasteiger partial charge in [-0.3, -0.25) is 9.25 Å². The molecule has 0 spiro atoms. The predicted octanol–water partition coefficient (Wildman–Crippen LogP) is 2.73. The molecule has 5 nitrogen and oxygen atoms in total. The van der Waals surface area contributed by atoms with Gasteiger partial charge in [0.15, 0.2) is 10.4 Å². The molecule has 19 heavy (non-hydrogen) atoms. The van der Waals surface area contributed by atoms with Gasteiger partial charge in [-0.1, -0.05) is 13.3 Å². The van der Waals surface area contributed by atoms with Crippen LogP contribution in [-0.4, -0.2) is 32.5 Å². The molecule has 1 saturated carbocycles. The molecule has 0 bridgehead atoms. The van der Waals surface area contributed by atoms with Crippen LogP contribution in [0, 0.1) is 4.77 Å². The number of nitrogens with zero attached hydrogens (tertiary/aromatic N) is 3. The van der Waals surface area contributed by atoms with Crippen LogP contribution in [0.4, 0.5) is 0 Å². The fourth-order valence-corrected chi connectivity index (χ4v) is 3.27. The third-order valence-electron chi connectivity index (χ3n) is 4.02. The number of H-pyrrole nitrogens is 1. The maximum absolute atomic E-state index is 5.49. The Morgan fingerprint density at radius 2 is 2.21 bits per heavy atom. The van der Waals surface area contributed by atoms with Crippen molar-refractivity contribution in [3.05, 3.63) is 10.5 Å². The summed E-state index contributed by atoms with van der Waals surface area (Å²) in [5.41, 5.74) is 3.34. The zero-order valence-electron chi connectivity index (χ0n) is 11.6. The Morgan fingerprint density at radius 1 is 1.47 bits per heavy atom. The Kier molecular flexibility index (Phi) is 3.22. The zero-order chi connectivity index (χ0) is 13.6. The highest BCUT2D eigenvalue weighted by Crippen LogP contribution is 2.37. The molecule has 2 heterocycles. The van der Waals surface area contributed by atoms with Crippen molar-refractivity contribution in [2.24, 2.45) is 7.05 Å². The number of ether oxygens (including phenoxy) is 1. The van der Waals surface area contributed by atoms with Crippen LogP contribution in [0.2, 0.25) is 0 Å². The Hall–Kier alpha value is -1.14. The van der Waals surface area contributed by atoms with E-state index in [1.807, 2.05) is 11.7 Å². The number of rotatable bonds is 4. The quantitative estimate of drug-likeness (QED) is 0.876. The molecule has 0 saturated heterocycles.